The molecule has 5 heteroatoms. The Morgan fingerprint density at radius 3 is 2.36 bits per heavy atom. The smallest absolute Gasteiger partial charge is 0.330 e. The van der Waals surface area contributed by atoms with E-state index < -0.39 is 0 Å². The van der Waals surface area contributed by atoms with E-state index in [1.54, 1.807) is 0 Å². The second kappa shape index (κ2) is 8.99. The quantitative estimate of drug-likeness (QED) is 0.284. The normalized spacial score (nSPS) is 9.36. The summed E-state index contributed by atoms with van der Waals surface area (Å²) in [5.41, 5.74) is 0. The number of carbonyl (C=O) groups excluding carboxylic acids is 1. The van der Waals surface area contributed by atoms with Crippen molar-refractivity contribution in [3.63, 3.8) is 0 Å². The maximum Gasteiger partial charge on any atom is 0.330 e. The predicted molar refractivity (Wildman–Crippen MR) is 52.3 cm³/mol. The second-order valence-corrected chi connectivity index (χ2v) is 3.35. The monoisotopic (exact) mass is 225 g/mol. The van der Waals surface area contributed by atoms with Crippen LogP contribution in [0.5, 0.6) is 0 Å². The van der Waals surface area contributed by atoms with Gasteiger partial charge in [0.2, 0.25) is 0 Å². The highest BCUT2D eigenvalue weighted by atomic mass is 35.5. The Morgan fingerprint density at radius 2 is 2.00 bits per heavy atom. The molecule has 0 spiro atoms. The highest BCUT2D eigenvalue weighted by molar-refractivity contribution is 5.81. The van der Waals surface area contributed by atoms with Crippen molar-refractivity contribution in [2.24, 2.45) is 0 Å². The molecule has 0 fully saturated rings. The van der Waals surface area contributed by atoms with Crippen molar-refractivity contribution in [2.45, 2.75) is 6.92 Å². The van der Waals surface area contributed by atoms with Crippen molar-refractivity contribution in [3.8, 4) is 0 Å². The molecule has 0 saturated carbocycles. The zero-order valence-corrected chi connectivity index (χ0v) is 9.80. The van der Waals surface area contributed by atoms with Crippen molar-refractivity contribution in [3.05, 3.63) is 12.7 Å². The van der Waals surface area contributed by atoms with Gasteiger partial charge < -0.3 is 27.1 Å². The summed E-state index contributed by atoms with van der Waals surface area (Å²) in [6.45, 7) is 7.76. The average Bonchev–Trinajstić information content (AvgIpc) is 2.04. The third-order valence-electron chi connectivity index (χ3n) is 1.96. The molecule has 0 aliphatic heterocycles. The molecular formula is C9H20ClNO3. The largest absolute Gasteiger partial charge is 1.00 e. The molecular weight excluding hydrogens is 206 g/mol. The molecule has 0 heterocycles. The third-order valence-corrected chi connectivity index (χ3v) is 1.96. The van der Waals surface area contributed by atoms with Crippen molar-refractivity contribution < 1.29 is 31.9 Å². The van der Waals surface area contributed by atoms with Crippen molar-refractivity contribution in [2.75, 3.05) is 33.8 Å². The minimum Gasteiger partial charge on any atom is -1.00 e. The van der Waals surface area contributed by atoms with E-state index in [1.807, 2.05) is 0 Å². The lowest BCUT2D eigenvalue weighted by Crippen LogP contribution is -3.00. The van der Waals surface area contributed by atoms with Crippen molar-refractivity contribution >= 4 is 5.97 Å². The molecule has 0 aromatic carbocycles. The number of hydrogen-bond acceptors (Lipinski definition) is 2. The highest BCUT2D eigenvalue weighted by Gasteiger charge is 2.11. The van der Waals surface area contributed by atoms with E-state index in [-0.39, 0.29) is 23.9 Å². The molecule has 0 saturated heterocycles. The SMILES string of the molecule is C=CC(=O)OCC[N+](C)(C)CC.O.[Cl-]. The van der Waals surface area contributed by atoms with E-state index in [1.165, 1.54) is 6.08 Å². The van der Waals surface area contributed by atoms with Crippen LogP contribution in [0.3, 0.4) is 0 Å². The van der Waals surface area contributed by atoms with Gasteiger partial charge in [-0.2, -0.15) is 0 Å². The van der Waals surface area contributed by atoms with E-state index >= 15 is 0 Å². The number of halogens is 1. The summed E-state index contributed by atoms with van der Waals surface area (Å²) in [5.74, 6) is -0.342. The molecule has 0 rings (SSSR count). The van der Waals surface area contributed by atoms with E-state index in [0.29, 0.717) is 6.61 Å². The molecule has 0 aliphatic carbocycles. The summed E-state index contributed by atoms with van der Waals surface area (Å²) in [6, 6.07) is 0. The van der Waals surface area contributed by atoms with Gasteiger partial charge in [-0.3, -0.25) is 0 Å². The summed E-state index contributed by atoms with van der Waals surface area (Å²) >= 11 is 0. The molecule has 0 unspecified atom stereocenters. The Morgan fingerprint density at radius 1 is 1.50 bits per heavy atom. The molecule has 0 aromatic rings. The van der Waals surface area contributed by atoms with E-state index in [2.05, 4.69) is 27.6 Å². The van der Waals surface area contributed by atoms with Crippen LogP contribution < -0.4 is 12.4 Å². The van der Waals surface area contributed by atoms with Crippen LogP contribution in [0.2, 0.25) is 0 Å². The Kier molecular flexibility index (Phi) is 12.2. The zero-order chi connectivity index (χ0) is 9.61. The Bertz CT molecular complexity index is 171. The first-order valence-corrected chi connectivity index (χ1v) is 4.13. The van der Waals surface area contributed by atoms with Gasteiger partial charge in [-0.25, -0.2) is 4.79 Å². The lowest BCUT2D eigenvalue weighted by molar-refractivity contribution is -0.888. The fourth-order valence-corrected chi connectivity index (χ4v) is 0.610. The number of ether oxygens (including phenoxy) is 1. The highest BCUT2D eigenvalue weighted by Crippen LogP contribution is 1.95. The molecule has 14 heavy (non-hydrogen) atoms. The number of hydrogen-bond donors (Lipinski definition) is 0. The first-order valence-electron chi connectivity index (χ1n) is 4.13. The average molecular weight is 226 g/mol. The fraction of sp³-hybridized carbons (Fsp3) is 0.667. The van der Waals surface area contributed by atoms with E-state index in [4.69, 9.17) is 4.74 Å². The number of nitrogens with zero attached hydrogens (tertiary/aromatic N) is 1. The Hall–Kier alpha value is -0.580. The second-order valence-electron chi connectivity index (χ2n) is 3.35. The predicted octanol–water partition coefficient (Wildman–Crippen LogP) is -3.01. The van der Waals surface area contributed by atoms with Crippen LogP contribution in [0, 0.1) is 0 Å². The Labute approximate surface area is 91.8 Å². The van der Waals surface area contributed by atoms with Gasteiger partial charge in [0.1, 0.15) is 13.2 Å². The first kappa shape index (κ1) is 19.1. The van der Waals surface area contributed by atoms with Crippen LogP contribution in [0.1, 0.15) is 6.92 Å². The van der Waals surface area contributed by atoms with Crippen LogP contribution in [0.4, 0.5) is 0 Å². The lowest BCUT2D eigenvalue weighted by atomic mass is 10.4. The first-order chi connectivity index (χ1) is 5.52. The van der Waals surface area contributed by atoms with Gasteiger partial charge in [-0.1, -0.05) is 6.58 Å². The number of quaternary nitrogens is 1. The van der Waals surface area contributed by atoms with E-state index in [0.717, 1.165) is 17.6 Å². The maximum atomic E-state index is 10.6. The summed E-state index contributed by atoms with van der Waals surface area (Å²) in [6.07, 6.45) is 1.19. The van der Waals surface area contributed by atoms with Gasteiger partial charge in [0, 0.05) is 6.08 Å². The number of likely N-dealkylation sites (N-methyl/N-ethyl adjacent to an activating group) is 1. The summed E-state index contributed by atoms with van der Waals surface area (Å²) < 4.78 is 5.72. The third kappa shape index (κ3) is 9.51. The molecule has 2 N–H and O–H groups in total. The van der Waals surface area contributed by atoms with Crippen LogP contribution in [0.25, 0.3) is 0 Å². The van der Waals surface area contributed by atoms with Gasteiger partial charge in [0.15, 0.2) is 0 Å². The number of carbonyl (C=O) groups is 1. The minimum atomic E-state index is -0.342. The van der Waals surface area contributed by atoms with Crippen molar-refractivity contribution in [1.29, 1.82) is 0 Å². The molecule has 0 bridgehead atoms. The minimum absolute atomic E-state index is 0. The van der Waals surface area contributed by atoms with Gasteiger partial charge in [0.25, 0.3) is 0 Å². The number of esters is 1. The molecule has 0 aromatic heterocycles. The van der Waals surface area contributed by atoms with Crippen LogP contribution >= 0.6 is 0 Å². The van der Waals surface area contributed by atoms with Crippen LogP contribution in [-0.4, -0.2) is 49.7 Å². The Balaban J connectivity index is -0.000000605. The molecule has 86 valence electrons. The fourth-order valence-electron chi connectivity index (χ4n) is 0.610. The lowest BCUT2D eigenvalue weighted by Gasteiger charge is -2.27. The van der Waals surface area contributed by atoms with Gasteiger partial charge in [-0.15, -0.1) is 0 Å². The van der Waals surface area contributed by atoms with E-state index in [9.17, 15) is 4.79 Å². The zero-order valence-electron chi connectivity index (χ0n) is 9.05. The topological polar surface area (TPSA) is 57.8 Å². The summed E-state index contributed by atoms with van der Waals surface area (Å²) in [7, 11) is 4.20. The summed E-state index contributed by atoms with van der Waals surface area (Å²) in [4.78, 5) is 10.6. The molecule has 4 nitrogen and oxygen atoms in total. The van der Waals surface area contributed by atoms with Crippen LogP contribution in [-0.2, 0) is 9.53 Å². The van der Waals surface area contributed by atoms with Crippen LogP contribution in [0.15, 0.2) is 12.7 Å². The van der Waals surface area contributed by atoms with Gasteiger partial charge in [-0.05, 0) is 6.92 Å². The van der Waals surface area contributed by atoms with Gasteiger partial charge >= 0.3 is 5.97 Å². The summed E-state index contributed by atoms with van der Waals surface area (Å²) in [5, 5.41) is 0. The molecule has 0 radical (unpaired) electrons. The molecule has 0 amide bonds. The maximum absolute atomic E-state index is 10.6. The standard InChI is InChI=1S/C9H18NO2.ClH.H2O/c1-5-9(11)12-8-7-10(3,4)6-2;;/h5H,1,6-8H2,2-4H3;1H;1H2/q+1;;/p-1. The van der Waals surface area contributed by atoms with Gasteiger partial charge in [0.05, 0.1) is 20.6 Å². The molecule has 0 atom stereocenters. The molecule has 0 aliphatic rings. The number of rotatable bonds is 5. The van der Waals surface area contributed by atoms with Crippen molar-refractivity contribution in [1.82, 2.24) is 0 Å².